The smallest absolute Gasteiger partial charge is 0.0214 e. The molecule has 1 saturated carbocycles. The van der Waals surface area contributed by atoms with Crippen LogP contribution in [-0.2, 0) is 0 Å². The Hall–Kier alpha value is -0.0800. The van der Waals surface area contributed by atoms with Gasteiger partial charge in [0.2, 0.25) is 0 Å². The van der Waals surface area contributed by atoms with Crippen molar-refractivity contribution in [2.45, 2.75) is 54.5 Å². The van der Waals surface area contributed by atoms with Crippen molar-refractivity contribution < 1.29 is 0 Å². The monoisotopic (exact) mass is 226 g/mol. The molecule has 2 heteroatoms. The van der Waals surface area contributed by atoms with Gasteiger partial charge < -0.3 is 11.1 Å². The predicted octanol–water partition coefficient (Wildman–Crippen LogP) is 2.63. The van der Waals surface area contributed by atoms with E-state index in [1.807, 2.05) is 0 Å². The number of nitrogens with two attached hydrogens (primary N) is 1. The standard InChI is InChI=1S/C14H30N2/c1-12(2,3)11(15)9-16-8-10-13(4,5)14(10,6)7/h10-11,16H,8-9,15H2,1-7H3. The van der Waals surface area contributed by atoms with Crippen LogP contribution in [0.4, 0.5) is 0 Å². The highest BCUT2D eigenvalue weighted by Gasteiger charge is 2.63. The number of nitrogens with one attached hydrogen (secondary N) is 1. The van der Waals surface area contributed by atoms with Crippen molar-refractivity contribution in [3.05, 3.63) is 0 Å². The van der Waals surface area contributed by atoms with Crippen LogP contribution in [0, 0.1) is 22.2 Å². The lowest BCUT2D eigenvalue weighted by Crippen LogP contribution is -2.44. The zero-order valence-electron chi connectivity index (χ0n) is 12.1. The fourth-order valence-electron chi connectivity index (χ4n) is 2.53. The second-order valence-corrected chi connectivity index (χ2v) is 7.63. The fraction of sp³-hybridized carbons (Fsp3) is 1.00. The molecule has 0 spiro atoms. The quantitative estimate of drug-likeness (QED) is 0.773. The molecule has 1 unspecified atom stereocenters. The Morgan fingerprint density at radius 2 is 1.56 bits per heavy atom. The maximum atomic E-state index is 6.13. The van der Waals surface area contributed by atoms with Crippen LogP contribution >= 0.6 is 0 Å². The normalized spacial score (nSPS) is 25.5. The van der Waals surface area contributed by atoms with Gasteiger partial charge in [0.25, 0.3) is 0 Å². The minimum Gasteiger partial charge on any atom is -0.326 e. The van der Waals surface area contributed by atoms with Gasteiger partial charge in [0, 0.05) is 12.6 Å². The highest BCUT2D eigenvalue weighted by atomic mass is 14.9. The van der Waals surface area contributed by atoms with Gasteiger partial charge in [-0.05, 0) is 28.7 Å². The topological polar surface area (TPSA) is 38.0 Å². The number of hydrogen-bond acceptors (Lipinski definition) is 2. The van der Waals surface area contributed by atoms with Crippen molar-refractivity contribution in [2.24, 2.45) is 27.9 Å². The highest BCUT2D eigenvalue weighted by Crippen LogP contribution is 2.67. The van der Waals surface area contributed by atoms with Gasteiger partial charge in [-0.2, -0.15) is 0 Å². The summed E-state index contributed by atoms with van der Waals surface area (Å²) >= 11 is 0. The summed E-state index contributed by atoms with van der Waals surface area (Å²) in [7, 11) is 0. The highest BCUT2D eigenvalue weighted by molar-refractivity contribution is 5.12. The Morgan fingerprint density at radius 3 is 1.88 bits per heavy atom. The molecular formula is C14H30N2. The summed E-state index contributed by atoms with van der Waals surface area (Å²) < 4.78 is 0. The summed E-state index contributed by atoms with van der Waals surface area (Å²) in [5.74, 6) is 0.784. The molecule has 1 rings (SSSR count). The van der Waals surface area contributed by atoms with Crippen LogP contribution in [0.1, 0.15) is 48.5 Å². The fourth-order valence-corrected chi connectivity index (χ4v) is 2.53. The van der Waals surface area contributed by atoms with Gasteiger partial charge in [-0.3, -0.25) is 0 Å². The number of hydrogen-bond donors (Lipinski definition) is 2. The summed E-state index contributed by atoms with van der Waals surface area (Å²) in [4.78, 5) is 0. The maximum Gasteiger partial charge on any atom is 0.0214 e. The maximum absolute atomic E-state index is 6.13. The molecule has 0 amide bonds. The van der Waals surface area contributed by atoms with Gasteiger partial charge in [-0.1, -0.05) is 48.5 Å². The Kier molecular flexibility index (Phi) is 3.49. The Balaban J connectivity index is 2.29. The summed E-state index contributed by atoms with van der Waals surface area (Å²) in [6.45, 7) is 18.1. The van der Waals surface area contributed by atoms with E-state index < -0.39 is 0 Å². The van der Waals surface area contributed by atoms with E-state index in [4.69, 9.17) is 5.73 Å². The molecule has 0 radical (unpaired) electrons. The largest absolute Gasteiger partial charge is 0.326 e. The van der Waals surface area contributed by atoms with E-state index in [1.54, 1.807) is 0 Å². The molecule has 1 aliphatic rings. The van der Waals surface area contributed by atoms with Crippen molar-refractivity contribution in [3.63, 3.8) is 0 Å². The van der Waals surface area contributed by atoms with E-state index in [9.17, 15) is 0 Å². The molecule has 0 aliphatic heterocycles. The second kappa shape index (κ2) is 3.99. The molecule has 0 aromatic heterocycles. The molecule has 2 nitrogen and oxygen atoms in total. The third-order valence-electron chi connectivity index (χ3n) is 5.14. The van der Waals surface area contributed by atoms with Gasteiger partial charge >= 0.3 is 0 Å². The van der Waals surface area contributed by atoms with E-state index in [2.05, 4.69) is 53.8 Å². The average Bonchev–Trinajstić information content (AvgIpc) is 2.45. The summed E-state index contributed by atoms with van der Waals surface area (Å²) in [5, 5.41) is 3.54. The first-order valence-corrected chi connectivity index (χ1v) is 6.47. The summed E-state index contributed by atoms with van der Waals surface area (Å²) in [5.41, 5.74) is 7.28. The molecule has 96 valence electrons. The van der Waals surface area contributed by atoms with Crippen molar-refractivity contribution in [2.75, 3.05) is 13.1 Å². The lowest BCUT2D eigenvalue weighted by atomic mass is 9.87. The van der Waals surface area contributed by atoms with Crippen LogP contribution in [-0.4, -0.2) is 19.1 Å². The third kappa shape index (κ3) is 2.43. The zero-order valence-corrected chi connectivity index (χ0v) is 12.1. The first-order chi connectivity index (χ1) is 7.01. The number of rotatable bonds is 4. The minimum atomic E-state index is 0.196. The summed E-state index contributed by atoms with van der Waals surface area (Å²) in [6, 6.07) is 0.234. The first-order valence-electron chi connectivity index (χ1n) is 6.47. The minimum absolute atomic E-state index is 0.196. The van der Waals surface area contributed by atoms with Crippen LogP contribution in [0.3, 0.4) is 0 Å². The van der Waals surface area contributed by atoms with Crippen molar-refractivity contribution in [1.82, 2.24) is 5.32 Å². The molecule has 0 saturated heterocycles. The lowest BCUT2D eigenvalue weighted by Gasteiger charge is -2.27. The van der Waals surface area contributed by atoms with Gasteiger partial charge in [0.1, 0.15) is 0 Å². The van der Waals surface area contributed by atoms with E-state index in [-0.39, 0.29) is 11.5 Å². The predicted molar refractivity (Wildman–Crippen MR) is 71.4 cm³/mol. The van der Waals surface area contributed by atoms with Crippen LogP contribution in [0.25, 0.3) is 0 Å². The van der Waals surface area contributed by atoms with Crippen molar-refractivity contribution in [3.8, 4) is 0 Å². The molecule has 1 aliphatic carbocycles. The van der Waals surface area contributed by atoms with Gasteiger partial charge in [-0.15, -0.1) is 0 Å². The molecule has 0 aromatic rings. The Bertz CT molecular complexity index is 234. The molecule has 0 heterocycles. The van der Waals surface area contributed by atoms with E-state index in [0.29, 0.717) is 10.8 Å². The van der Waals surface area contributed by atoms with Crippen LogP contribution in [0.5, 0.6) is 0 Å². The van der Waals surface area contributed by atoms with Crippen LogP contribution in [0.2, 0.25) is 0 Å². The average molecular weight is 226 g/mol. The second-order valence-electron chi connectivity index (χ2n) is 7.63. The first kappa shape index (κ1) is 14.0. The van der Waals surface area contributed by atoms with E-state index >= 15 is 0 Å². The molecular weight excluding hydrogens is 196 g/mol. The SMILES string of the molecule is CC(C)(C)C(N)CNCC1C(C)(C)C1(C)C. The van der Waals surface area contributed by atoms with Crippen molar-refractivity contribution in [1.29, 1.82) is 0 Å². The summed E-state index contributed by atoms with van der Waals surface area (Å²) in [6.07, 6.45) is 0. The molecule has 16 heavy (non-hydrogen) atoms. The molecule has 0 aromatic carbocycles. The Morgan fingerprint density at radius 1 is 1.12 bits per heavy atom. The van der Waals surface area contributed by atoms with E-state index in [0.717, 1.165) is 19.0 Å². The Labute approximate surface area is 101 Å². The third-order valence-corrected chi connectivity index (χ3v) is 5.14. The molecule has 1 fully saturated rings. The van der Waals surface area contributed by atoms with Crippen LogP contribution < -0.4 is 11.1 Å². The van der Waals surface area contributed by atoms with Crippen molar-refractivity contribution >= 4 is 0 Å². The van der Waals surface area contributed by atoms with Crippen LogP contribution in [0.15, 0.2) is 0 Å². The van der Waals surface area contributed by atoms with Gasteiger partial charge in [0.05, 0.1) is 0 Å². The van der Waals surface area contributed by atoms with Gasteiger partial charge in [0.15, 0.2) is 0 Å². The van der Waals surface area contributed by atoms with Gasteiger partial charge in [-0.25, -0.2) is 0 Å². The molecule has 3 N–H and O–H groups in total. The van der Waals surface area contributed by atoms with E-state index in [1.165, 1.54) is 0 Å². The zero-order chi connectivity index (χ0) is 12.8. The molecule has 0 bridgehead atoms. The lowest BCUT2D eigenvalue weighted by molar-refractivity contribution is 0.306. The molecule has 1 atom stereocenters.